The Hall–Kier alpha value is -2.01. The van der Waals surface area contributed by atoms with Gasteiger partial charge < -0.3 is 10.2 Å². The van der Waals surface area contributed by atoms with E-state index in [0.717, 1.165) is 0 Å². The Morgan fingerprint density at radius 1 is 0.900 bits per heavy atom. The molecule has 5 heteroatoms. The highest BCUT2D eigenvalue weighted by atomic mass is 32.2. The van der Waals surface area contributed by atoms with Gasteiger partial charge in [-0.1, -0.05) is 24.3 Å². The maximum atomic E-state index is 12.9. The van der Waals surface area contributed by atoms with Crippen molar-refractivity contribution in [2.75, 3.05) is 31.4 Å². The summed E-state index contributed by atoms with van der Waals surface area (Å²) in [5.74, 6) is 0. The molecule has 0 aliphatic carbocycles. The number of benzene rings is 2. The van der Waals surface area contributed by atoms with Gasteiger partial charge in [-0.3, -0.25) is 0 Å². The van der Waals surface area contributed by atoms with E-state index < -0.39 is 9.84 Å². The highest BCUT2D eigenvalue weighted by Crippen LogP contribution is 2.32. The zero-order valence-corrected chi connectivity index (χ0v) is 12.6. The van der Waals surface area contributed by atoms with Crippen molar-refractivity contribution in [3.05, 3.63) is 48.5 Å². The van der Waals surface area contributed by atoms with Gasteiger partial charge >= 0.3 is 0 Å². The van der Waals surface area contributed by atoms with Gasteiger partial charge in [0, 0.05) is 21.1 Å². The number of nitrogens with zero attached hydrogens (tertiary/aromatic N) is 1. The van der Waals surface area contributed by atoms with Gasteiger partial charge in [-0.05, 0) is 24.3 Å². The quantitative estimate of drug-likeness (QED) is 0.940. The Kier molecular flexibility index (Phi) is 3.99. The van der Waals surface area contributed by atoms with Crippen molar-refractivity contribution in [3.8, 4) is 0 Å². The van der Waals surface area contributed by atoms with Crippen molar-refractivity contribution < 1.29 is 8.42 Å². The summed E-state index contributed by atoms with van der Waals surface area (Å²) >= 11 is 0. The molecule has 2 aromatic carbocycles. The van der Waals surface area contributed by atoms with Crippen LogP contribution in [0.5, 0.6) is 0 Å². The van der Waals surface area contributed by atoms with Crippen LogP contribution >= 0.6 is 0 Å². The fourth-order valence-corrected chi connectivity index (χ4v) is 3.82. The number of hydrogen-bond acceptors (Lipinski definition) is 4. The molecule has 0 radical (unpaired) electrons. The lowest BCUT2D eigenvalue weighted by Crippen LogP contribution is -2.14. The van der Waals surface area contributed by atoms with Crippen LogP contribution in [0.25, 0.3) is 0 Å². The van der Waals surface area contributed by atoms with E-state index in [-0.39, 0.29) is 4.90 Å². The van der Waals surface area contributed by atoms with Gasteiger partial charge in [-0.2, -0.15) is 0 Å². The maximum Gasteiger partial charge on any atom is 0.210 e. The van der Waals surface area contributed by atoms with Crippen LogP contribution < -0.4 is 10.2 Å². The van der Waals surface area contributed by atoms with Gasteiger partial charge in [-0.15, -0.1) is 0 Å². The third kappa shape index (κ3) is 2.49. The van der Waals surface area contributed by atoms with Crippen LogP contribution in [0.2, 0.25) is 0 Å². The first-order chi connectivity index (χ1) is 9.48. The number of para-hydroxylation sites is 2. The van der Waals surface area contributed by atoms with E-state index in [1.807, 2.05) is 26.2 Å². The van der Waals surface area contributed by atoms with Crippen LogP contribution in [-0.4, -0.2) is 29.6 Å². The lowest BCUT2D eigenvalue weighted by Gasteiger charge is -2.18. The summed E-state index contributed by atoms with van der Waals surface area (Å²) in [4.78, 5) is 2.40. The summed E-state index contributed by atoms with van der Waals surface area (Å²) in [5, 5.41) is 2.93. The first-order valence-corrected chi connectivity index (χ1v) is 7.75. The molecular weight excluding hydrogens is 272 g/mol. The molecule has 0 aliphatic rings. The lowest BCUT2D eigenvalue weighted by molar-refractivity contribution is 0.596. The summed E-state index contributed by atoms with van der Waals surface area (Å²) in [7, 11) is 1.82. The summed E-state index contributed by atoms with van der Waals surface area (Å²) in [6, 6.07) is 13.9. The van der Waals surface area contributed by atoms with E-state index in [9.17, 15) is 8.42 Å². The highest BCUT2D eigenvalue weighted by molar-refractivity contribution is 7.91. The van der Waals surface area contributed by atoms with Crippen molar-refractivity contribution >= 4 is 21.2 Å². The van der Waals surface area contributed by atoms with Gasteiger partial charge in [0.2, 0.25) is 9.84 Å². The number of sulfone groups is 1. The van der Waals surface area contributed by atoms with Gasteiger partial charge in [-0.25, -0.2) is 8.42 Å². The standard InChI is InChI=1S/C15H18N2O2S/c1-16-12-8-4-6-10-14(12)20(18,19)15-11-7-5-9-13(15)17(2)3/h4-11,16H,1-3H3. The molecule has 0 bridgehead atoms. The Labute approximate surface area is 120 Å². The number of rotatable bonds is 4. The molecule has 0 aliphatic heterocycles. The molecular formula is C15H18N2O2S. The Morgan fingerprint density at radius 2 is 1.45 bits per heavy atom. The number of anilines is 2. The highest BCUT2D eigenvalue weighted by Gasteiger charge is 2.24. The molecule has 4 nitrogen and oxygen atoms in total. The van der Waals surface area contributed by atoms with E-state index in [4.69, 9.17) is 0 Å². The van der Waals surface area contributed by atoms with Crippen molar-refractivity contribution in [2.45, 2.75) is 9.79 Å². The van der Waals surface area contributed by atoms with Crippen LogP contribution in [0.3, 0.4) is 0 Å². The lowest BCUT2D eigenvalue weighted by atomic mass is 10.3. The average Bonchev–Trinajstić information content (AvgIpc) is 2.47. The summed E-state index contributed by atoms with van der Waals surface area (Å²) < 4.78 is 25.7. The molecule has 0 spiro atoms. The Morgan fingerprint density at radius 3 is 2.05 bits per heavy atom. The SMILES string of the molecule is CNc1ccccc1S(=O)(=O)c1ccccc1N(C)C. The fourth-order valence-electron chi connectivity index (χ4n) is 2.08. The topological polar surface area (TPSA) is 49.4 Å². The van der Waals surface area contributed by atoms with E-state index in [1.165, 1.54) is 0 Å². The molecule has 0 aromatic heterocycles. The van der Waals surface area contributed by atoms with Crippen molar-refractivity contribution in [1.29, 1.82) is 0 Å². The molecule has 0 fully saturated rings. The molecule has 0 atom stereocenters. The molecule has 0 saturated carbocycles. The maximum absolute atomic E-state index is 12.9. The van der Waals surface area contributed by atoms with Gasteiger partial charge in [0.1, 0.15) is 0 Å². The largest absolute Gasteiger partial charge is 0.387 e. The molecule has 20 heavy (non-hydrogen) atoms. The zero-order valence-electron chi connectivity index (χ0n) is 11.8. The second-order valence-electron chi connectivity index (χ2n) is 4.61. The first kappa shape index (κ1) is 14.4. The van der Waals surface area contributed by atoms with Gasteiger partial charge in [0.05, 0.1) is 21.2 Å². The molecule has 0 heterocycles. The molecule has 1 N–H and O–H groups in total. The molecule has 0 saturated heterocycles. The van der Waals surface area contributed by atoms with Crippen LogP contribution in [0.1, 0.15) is 0 Å². The Balaban J connectivity index is 2.68. The third-order valence-corrected chi connectivity index (χ3v) is 4.94. The Bertz CT molecular complexity index is 709. The van der Waals surface area contributed by atoms with E-state index >= 15 is 0 Å². The third-order valence-electron chi connectivity index (χ3n) is 3.08. The smallest absolute Gasteiger partial charge is 0.210 e. The molecule has 2 aromatic rings. The van der Waals surface area contributed by atoms with Crippen LogP contribution in [-0.2, 0) is 9.84 Å². The van der Waals surface area contributed by atoms with E-state index in [1.54, 1.807) is 48.3 Å². The zero-order chi connectivity index (χ0) is 14.8. The molecule has 0 amide bonds. The second-order valence-corrected chi connectivity index (χ2v) is 6.50. The van der Waals surface area contributed by atoms with Crippen molar-refractivity contribution in [1.82, 2.24) is 0 Å². The second kappa shape index (κ2) is 5.54. The van der Waals surface area contributed by atoms with Crippen LogP contribution in [0, 0.1) is 0 Å². The fraction of sp³-hybridized carbons (Fsp3) is 0.200. The molecule has 2 rings (SSSR count). The molecule has 106 valence electrons. The summed E-state index contributed by atoms with van der Waals surface area (Å²) in [6.45, 7) is 0. The number of hydrogen-bond donors (Lipinski definition) is 1. The summed E-state index contributed by atoms with van der Waals surface area (Å²) in [5.41, 5.74) is 1.28. The monoisotopic (exact) mass is 290 g/mol. The summed E-state index contributed by atoms with van der Waals surface area (Å²) in [6.07, 6.45) is 0. The predicted molar refractivity (Wildman–Crippen MR) is 82.2 cm³/mol. The normalized spacial score (nSPS) is 11.2. The van der Waals surface area contributed by atoms with E-state index in [0.29, 0.717) is 16.3 Å². The minimum absolute atomic E-state index is 0.289. The van der Waals surface area contributed by atoms with Gasteiger partial charge in [0.25, 0.3) is 0 Å². The van der Waals surface area contributed by atoms with Crippen molar-refractivity contribution in [3.63, 3.8) is 0 Å². The average molecular weight is 290 g/mol. The molecule has 0 unspecified atom stereocenters. The number of nitrogens with one attached hydrogen (secondary N) is 1. The van der Waals surface area contributed by atoms with Crippen molar-refractivity contribution in [2.24, 2.45) is 0 Å². The first-order valence-electron chi connectivity index (χ1n) is 6.26. The van der Waals surface area contributed by atoms with E-state index in [2.05, 4.69) is 5.32 Å². The van der Waals surface area contributed by atoms with Crippen LogP contribution in [0.4, 0.5) is 11.4 Å². The predicted octanol–water partition coefficient (Wildman–Crippen LogP) is 2.63. The minimum Gasteiger partial charge on any atom is -0.387 e. The van der Waals surface area contributed by atoms with Crippen LogP contribution in [0.15, 0.2) is 58.3 Å². The minimum atomic E-state index is -3.56. The van der Waals surface area contributed by atoms with Gasteiger partial charge in [0.15, 0.2) is 0 Å².